The van der Waals surface area contributed by atoms with Gasteiger partial charge in [0.05, 0.1) is 16.0 Å². The summed E-state index contributed by atoms with van der Waals surface area (Å²) >= 11 is 1.41. The third-order valence-corrected chi connectivity index (χ3v) is 3.93. The molecule has 0 unspecified atom stereocenters. The zero-order valence-electron chi connectivity index (χ0n) is 12.1. The molecule has 0 aliphatic heterocycles. The van der Waals surface area contributed by atoms with Gasteiger partial charge in [-0.05, 0) is 11.6 Å². The summed E-state index contributed by atoms with van der Waals surface area (Å²) < 4.78 is 0. The highest BCUT2D eigenvalue weighted by Crippen LogP contribution is 2.32. The largest absolute Gasteiger partial charge is 0.369 e. The second-order valence-corrected chi connectivity index (χ2v) is 5.55. The van der Waals surface area contributed by atoms with Gasteiger partial charge in [-0.3, -0.25) is 10.1 Å². The van der Waals surface area contributed by atoms with Gasteiger partial charge >= 0.3 is 0 Å². The topological polar surface area (TPSA) is 120 Å². The molecule has 0 aromatic heterocycles. The minimum absolute atomic E-state index is 0.0274. The first kappa shape index (κ1) is 16.5. The average Bonchev–Trinajstić information content (AvgIpc) is 2.54. The Morgan fingerprint density at radius 2 is 1.96 bits per heavy atom. The number of nitro groups is 1. The van der Waals surface area contributed by atoms with Crippen LogP contribution in [0.5, 0.6) is 0 Å². The number of nitro benzene ring substituents is 1. The lowest BCUT2D eigenvalue weighted by Crippen LogP contribution is -2.21. The Morgan fingerprint density at radius 3 is 2.61 bits per heavy atom. The first-order chi connectivity index (χ1) is 11.1. The number of nitrogens with two attached hydrogens (primary N) is 2. The van der Waals surface area contributed by atoms with Gasteiger partial charge in [0.2, 0.25) is 5.96 Å². The second-order valence-electron chi connectivity index (χ2n) is 4.53. The highest BCUT2D eigenvalue weighted by molar-refractivity contribution is 7.98. The van der Waals surface area contributed by atoms with Crippen LogP contribution in [0.2, 0.25) is 0 Å². The smallest absolute Gasteiger partial charge is 0.283 e. The van der Waals surface area contributed by atoms with E-state index in [1.54, 1.807) is 12.1 Å². The maximum Gasteiger partial charge on any atom is 0.283 e. The fourth-order valence-corrected chi connectivity index (χ4v) is 2.74. The number of guanidine groups is 1. The fraction of sp³-hybridized carbons (Fsp3) is 0.0667. The number of thioether (sulfide) groups is 1. The van der Waals surface area contributed by atoms with Crippen LogP contribution in [0.3, 0.4) is 0 Å². The molecule has 0 radical (unpaired) electrons. The van der Waals surface area contributed by atoms with E-state index < -0.39 is 4.92 Å². The van der Waals surface area contributed by atoms with E-state index in [4.69, 9.17) is 11.5 Å². The lowest BCUT2D eigenvalue weighted by molar-refractivity contribution is -0.387. The van der Waals surface area contributed by atoms with Crippen molar-refractivity contribution < 1.29 is 4.92 Å². The number of hydrogen-bond acceptors (Lipinski definition) is 5. The molecule has 0 fully saturated rings. The second kappa shape index (κ2) is 7.95. The van der Waals surface area contributed by atoms with Crippen molar-refractivity contribution in [3.63, 3.8) is 0 Å². The molecule has 0 saturated heterocycles. The van der Waals surface area contributed by atoms with Crippen LogP contribution in [-0.2, 0) is 5.75 Å². The van der Waals surface area contributed by atoms with Crippen LogP contribution in [0.1, 0.15) is 11.1 Å². The third-order valence-electron chi connectivity index (χ3n) is 2.80. The number of rotatable bonds is 6. The molecule has 23 heavy (non-hydrogen) atoms. The van der Waals surface area contributed by atoms with Crippen LogP contribution < -0.4 is 11.5 Å². The summed E-state index contributed by atoms with van der Waals surface area (Å²) in [5.74, 6) is 0.481. The van der Waals surface area contributed by atoms with Crippen molar-refractivity contribution in [2.75, 3.05) is 0 Å². The molecule has 0 bridgehead atoms. The van der Waals surface area contributed by atoms with E-state index >= 15 is 0 Å². The molecule has 0 saturated carbocycles. The molecule has 2 rings (SSSR count). The van der Waals surface area contributed by atoms with Crippen molar-refractivity contribution in [1.82, 2.24) is 0 Å². The summed E-state index contributed by atoms with van der Waals surface area (Å²) in [4.78, 5) is 11.4. The quantitative estimate of drug-likeness (QED) is 0.277. The number of hydrogen-bond donors (Lipinski definition) is 2. The summed E-state index contributed by atoms with van der Waals surface area (Å²) in [5, 5.41) is 18.4. The van der Waals surface area contributed by atoms with E-state index in [0.717, 1.165) is 5.56 Å². The molecule has 0 heterocycles. The Kier molecular flexibility index (Phi) is 5.70. The van der Waals surface area contributed by atoms with Crippen LogP contribution in [-0.4, -0.2) is 17.1 Å². The Morgan fingerprint density at radius 1 is 1.22 bits per heavy atom. The van der Waals surface area contributed by atoms with Gasteiger partial charge in [-0.15, -0.1) is 16.9 Å². The van der Waals surface area contributed by atoms with Gasteiger partial charge in [0.1, 0.15) is 0 Å². The summed E-state index contributed by atoms with van der Waals surface area (Å²) in [6.45, 7) is 0. The lowest BCUT2D eigenvalue weighted by atomic mass is 10.2. The normalized spacial score (nSPS) is 10.6. The molecular formula is C15H15N5O2S. The van der Waals surface area contributed by atoms with Crippen LogP contribution in [0, 0.1) is 10.1 Å². The predicted molar refractivity (Wildman–Crippen MR) is 92.5 cm³/mol. The standard InChI is InChI=1S/C15H15N5O2S/c16-15(17)19-18-9-12-6-7-14(13(8-12)20(21)22)23-10-11-4-2-1-3-5-11/h1-9H,10H2,(H4,16,17,19). The van der Waals surface area contributed by atoms with E-state index in [1.165, 1.54) is 24.0 Å². The van der Waals surface area contributed by atoms with E-state index in [0.29, 0.717) is 16.2 Å². The molecule has 0 spiro atoms. The molecule has 2 aromatic rings. The first-order valence-electron chi connectivity index (χ1n) is 6.63. The first-order valence-corrected chi connectivity index (χ1v) is 7.62. The highest BCUT2D eigenvalue weighted by atomic mass is 32.2. The van der Waals surface area contributed by atoms with Gasteiger partial charge < -0.3 is 11.5 Å². The summed E-state index contributed by atoms with van der Waals surface area (Å²) in [6, 6.07) is 14.6. The van der Waals surface area contributed by atoms with Crippen molar-refractivity contribution >= 4 is 29.6 Å². The fourth-order valence-electron chi connectivity index (χ4n) is 1.78. The van der Waals surface area contributed by atoms with Crippen LogP contribution in [0.4, 0.5) is 5.69 Å². The maximum absolute atomic E-state index is 11.2. The molecule has 0 atom stereocenters. The monoisotopic (exact) mass is 329 g/mol. The van der Waals surface area contributed by atoms with Crippen LogP contribution in [0.15, 0.2) is 63.6 Å². The Balaban J connectivity index is 2.18. The van der Waals surface area contributed by atoms with Crippen molar-refractivity contribution in [2.45, 2.75) is 10.6 Å². The lowest BCUT2D eigenvalue weighted by Gasteiger charge is -2.04. The third kappa shape index (κ3) is 5.11. The van der Waals surface area contributed by atoms with Gasteiger partial charge in [0.15, 0.2) is 0 Å². The average molecular weight is 329 g/mol. The zero-order chi connectivity index (χ0) is 16.7. The van der Waals surface area contributed by atoms with Gasteiger partial charge in [0, 0.05) is 17.4 Å². The Bertz CT molecular complexity index is 743. The van der Waals surface area contributed by atoms with Gasteiger partial charge in [0.25, 0.3) is 5.69 Å². The summed E-state index contributed by atoms with van der Waals surface area (Å²) in [7, 11) is 0. The SMILES string of the molecule is NC(N)=NN=Cc1ccc(SCc2ccccc2)c([N+](=O)[O-])c1. The van der Waals surface area contributed by atoms with E-state index in [-0.39, 0.29) is 11.6 Å². The number of benzene rings is 2. The van der Waals surface area contributed by atoms with Crippen LogP contribution >= 0.6 is 11.8 Å². The van der Waals surface area contributed by atoms with Crippen molar-refractivity contribution in [3.8, 4) is 0 Å². The molecule has 7 nitrogen and oxygen atoms in total. The molecule has 4 N–H and O–H groups in total. The Hall–Kier alpha value is -2.87. The maximum atomic E-state index is 11.2. The van der Waals surface area contributed by atoms with Crippen molar-refractivity contribution in [2.24, 2.45) is 21.7 Å². The number of nitrogens with zero attached hydrogens (tertiary/aromatic N) is 3. The minimum Gasteiger partial charge on any atom is -0.369 e. The molecular weight excluding hydrogens is 314 g/mol. The van der Waals surface area contributed by atoms with E-state index in [2.05, 4.69) is 10.2 Å². The van der Waals surface area contributed by atoms with E-state index in [1.807, 2.05) is 30.3 Å². The highest BCUT2D eigenvalue weighted by Gasteiger charge is 2.14. The minimum atomic E-state index is -0.411. The molecule has 0 aliphatic rings. The molecule has 8 heteroatoms. The van der Waals surface area contributed by atoms with Gasteiger partial charge in [-0.25, -0.2) is 0 Å². The van der Waals surface area contributed by atoms with Crippen molar-refractivity contribution in [1.29, 1.82) is 0 Å². The van der Waals surface area contributed by atoms with Crippen LogP contribution in [0.25, 0.3) is 0 Å². The van der Waals surface area contributed by atoms with Crippen molar-refractivity contribution in [3.05, 3.63) is 69.8 Å². The predicted octanol–water partition coefficient (Wildman–Crippen LogP) is 2.49. The molecule has 0 amide bonds. The summed E-state index contributed by atoms with van der Waals surface area (Å²) in [6.07, 6.45) is 1.36. The zero-order valence-corrected chi connectivity index (χ0v) is 12.9. The van der Waals surface area contributed by atoms with Gasteiger partial charge in [-0.1, -0.05) is 36.4 Å². The molecule has 118 valence electrons. The van der Waals surface area contributed by atoms with E-state index in [9.17, 15) is 10.1 Å². The molecule has 0 aliphatic carbocycles. The summed E-state index contributed by atoms with van der Waals surface area (Å²) in [5.41, 5.74) is 12.0. The van der Waals surface area contributed by atoms with Gasteiger partial charge in [-0.2, -0.15) is 5.10 Å². The Labute approximate surface area is 137 Å². The molecule has 2 aromatic carbocycles.